The van der Waals surface area contributed by atoms with E-state index in [1.54, 1.807) is 30.3 Å². The van der Waals surface area contributed by atoms with Crippen molar-refractivity contribution in [3.05, 3.63) is 71.3 Å². The van der Waals surface area contributed by atoms with Gasteiger partial charge in [-0.1, -0.05) is 42.5 Å². The fraction of sp³-hybridized carbons (Fsp3) is 0.150. The molecule has 0 aromatic heterocycles. The zero-order valence-corrected chi connectivity index (χ0v) is 13.5. The number of Topliss-reactive ketones (excluding diaryl/α,β-unsaturated/α-hetero) is 2. The van der Waals surface area contributed by atoms with Crippen LogP contribution < -0.4 is 4.90 Å². The van der Waals surface area contributed by atoms with Gasteiger partial charge < -0.3 is 4.90 Å². The number of ketones is 3. The van der Waals surface area contributed by atoms with Crippen LogP contribution in [0.5, 0.6) is 0 Å². The van der Waals surface area contributed by atoms with E-state index in [4.69, 9.17) is 0 Å². The molecule has 0 unspecified atom stereocenters. The molecule has 0 heterocycles. The van der Waals surface area contributed by atoms with Gasteiger partial charge in [0.15, 0.2) is 17.3 Å². The minimum atomic E-state index is -1.24. The maximum absolute atomic E-state index is 12.3. The van der Waals surface area contributed by atoms with Gasteiger partial charge in [0.1, 0.15) is 5.92 Å². The summed E-state index contributed by atoms with van der Waals surface area (Å²) in [4.78, 5) is 38.9. The average molecular weight is 319 g/mol. The van der Waals surface area contributed by atoms with Crippen molar-refractivity contribution >= 4 is 29.1 Å². The second-order valence-corrected chi connectivity index (χ2v) is 5.93. The molecule has 24 heavy (non-hydrogen) atoms. The molecule has 0 radical (unpaired) electrons. The summed E-state index contributed by atoms with van der Waals surface area (Å²) in [6, 6.07) is 14.2. The molecule has 0 saturated carbocycles. The van der Waals surface area contributed by atoms with Gasteiger partial charge in [-0.25, -0.2) is 0 Å². The lowest BCUT2D eigenvalue weighted by molar-refractivity contribution is -0.115. The fourth-order valence-corrected chi connectivity index (χ4v) is 2.76. The first-order chi connectivity index (χ1) is 11.5. The van der Waals surface area contributed by atoms with Crippen LogP contribution in [0.3, 0.4) is 0 Å². The van der Waals surface area contributed by atoms with Gasteiger partial charge in [0.25, 0.3) is 0 Å². The Labute approximate surface area is 140 Å². The van der Waals surface area contributed by atoms with Crippen molar-refractivity contribution in [2.24, 2.45) is 5.92 Å². The molecule has 1 aliphatic rings. The predicted molar refractivity (Wildman–Crippen MR) is 93.4 cm³/mol. The van der Waals surface area contributed by atoms with Crippen LogP contribution in [0.2, 0.25) is 0 Å². The zero-order valence-electron chi connectivity index (χ0n) is 13.5. The molecular formula is C20H17NO3. The number of allylic oxidation sites excluding steroid dienone is 1. The largest absolute Gasteiger partial charge is 0.378 e. The van der Waals surface area contributed by atoms with E-state index in [0.717, 1.165) is 11.3 Å². The van der Waals surface area contributed by atoms with Gasteiger partial charge in [0.2, 0.25) is 0 Å². The van der Waals surface area contributed by atoms with Crippen molar-refractivity contribution in [1.29, 1.82) is 0 Å². The second kappa shape index (κ2) is 6.24. The standard InChI is InChI=1S/C20H17NO3/c1-21(2)14-10-7-13(8-11-14)9-12-17(22)18-19(23)15-5-3-4-6-16(15)20(18)24/h3-12,18H,1-2H3. The minimum Gasteiger partial charge on any atom is -0.378 e. The molecule has 3 rings (SSSR count). The first kappa shape index (κ1) is 15.9. The third-order valence-electron chi connectivity index (χ3n) is 4.12. The van der Waals surface area contributed by atoms with Gasteiger partial charge in [0.05, 0.1) is 0 Å². The summed E-state index contributed by atoms with van der Waals surface area (Å²) >= 11 is 0. The zero-order chi connectivity index (χ0) is 17.3. The summed E-state index contributed by atoms with van der Waals surface area (Å²) in [6.45, 7) is 0. The fourth-order valence-electron chi connectivity index (χ4n) is 2.76. The van der Waals surface area contributed by atoms with Gasteiger partial charge >= 0.3 is 0 Å². The number of anilines is 1. The SMILES string of the molecule is CN(C)c1ccc(C=CC(=O)C2C(=O)c3ccccc3C2=O)cc1. The van der Waals surface area contributed by atoms with Crippen LogP contribution in [0.1, 0.15) is 26.3 Å². The molecule has 120 valence electrons. The lowest BCUT2D eigenvalue weighted by Gasteiger charge is -2.11. The van der Waals surface area contributed by atoms with Crippen LogP contribution in [0.4, 0.5) is 5.69 Å². The Morgan fingerprint density at radius 3 is 1.96 bits per heavy atom. The summed E-state index contributed by atoms with van der Waals surface area (Å²) in [5.41, 5.74) is 2.56. The molecule has 0 fully saturated rings. The quantitative estimate of drug-likeness (QED) is 0.642. The van der Waals surface area contributed by atoms with Crippen molar-refractivity contribution in [1.82, 2.24) is 0 Å². The Kier molecular flexibility index (Phi) is 4.13. The summed E-state index contributed by atoms with van der Waals surface area (Å²) in [5, 5.41) is 0. The molecule has 0 N–H and O–H groups in total. The maximum Gasteiger partial charge on any atom is 0.182 e. The number of carbonyl (C=O) groups is 3. The first-order valence-corrected chi connectivity index (χ1v) is 7.66. The highest BCUT2D eigenvalue weighted by Gasteiger charge is 2.41. The number of hydrogen-bond acceptors (Lipinski definition) is 4. The number of carbonyl (C=O) groups excluding carboxylic acids is 3. The van der Waals surface area contributed by atoms with E-state index in [9.17, 15) is 14.4 Å². The highest BCUT2D eigenvalue weighted by Crippen LogP contribution is 2.27. The predicted octanol–water partition coefficient (Wildman–Crippen LogP) is 3.03. The first-order valence-electron chi connectivity index (χ1n) is 7.66. The molecule has 4 heteroatoms. The van der Waals surface area contributed by atoms with E-state index >= 15 is 0 Å². The molecule has 0 amide bonds. The highest BCUT2D eigenvalue weighted by atomic mass is 16.2. The Bertz CT molecular complexity index is 812. The smallest absolute Gasteiger partial charge is 0.182 e. The van der Waals surface area contributed by atoms with E-state index in [-0.39, 0.29) is 0 Å². The normalized spacial score (nSPS) is 14.2. The lowest BCUT2D eigenvalue weighted by Crippen LogP contribution is -2.23. The highest BCUT2D eigenvalue weighted by molar-refractivity contribution is 6.37. The second-order valence-electron chi connectivity index (χ2n) is 5.93. The topological polar surface area (TPSA) is 54.5 Å². The van der Waals surface area contributed by atoms with Crippen molar-refractivity contribution in [2.75, 3.05) is 19.0 Å². The monoisotopic (exact) mass is 319 g/mol. The Morgan fingerprint density at radius 1 is 0.917 bits per heavy atom. The molecule has 0 atom stereocenters. The molecule has 0 bridgehead atoms. The van der Waals surface area contributed by atoms with Crippen molar-refractivity contribution in [3.63, 3.8) is 0 Å². The van der Waals surface area contributed by atoms with E-state index in [0.29, 0.717) is 11.1 Å². The molecular weight excluding hydrogens is 302 g/mol. The van der Waals surface area contributed by atoms with Gasteiger partial charge in [0, 0.05) is 30.9 Å². The van der Waals surface area contributed by atoms with E-state index in [1.165, 1.54) is 6.08 Å². The van der Waals surface area contributed by atoms with Crippen LogP contribution in [0, 0.1) is 5.92 Å². The van der Waals surface area contributed by atoms with Crippen LogP contribution in [0.25, 0.3) is 6.08 Å². The number of hydrogen-bond donors (Lipinski definition) is 0. The summed E-state index contributed by atoms with van der Waals surface area (Å²) in [6.07, 6.45) is 2.95. The molecule has 2 aromatic carbocycles. The average Bonchev–Trinajstić information content (AvgIpc) is 2.85. The molecule has 0 saturated heterocycles. The van der Waals surface area contributed by atoms with E-state index in [2.05, 4.69) is 0 Å². The Hall–Kier alpha value is -3.01. The van der Waals surface area contributed by atoms with Gasteiger partial charge in [-0.3, -0.25) is 14.4 Å². The Morgan fingerprint density at radius 2 is 1.46 bits per heavy atom. The number of benzene rings is 2. The van der Waals surface area contributed by atoms with Gasteiger partial charge in [-0.05, 0) is 23.8 Å². The number of nitrogens with zero attached hydrogens (tertiary/aromatic N) is 1. The lowest BCUT2D eigenvalue weighted by atomic mass is 9.97. The number of fused-ring (bicyclic) bond motifs is 1. The molecule has 2 aromatic rings. The Balaban J connectivity index is 1.78. The molecule has 1 aliphatic carbocycles. The third kappa shape index (κ3) is 2.78. The number of rotatable bonds is 4. The van der Waals surface area contributed by atoms with Crippen molar-refractivity contribution in [3.8, 4) is 0 Å². The third-order valence-corrected chi connectivity index (χ3v) is 4.12. The van der Waals surface area contributed by atoms with Crippen molar-refractivity contribution in [2.45, 2.75) is 0 Å². The maximum atomic E-state index is 12.3. The van der Waals surface area contributed by atoms with Crippen LogP contribution in [0.15, 0.2) is 54.6 Å². The van der Waals surface area contributed by atoms with E-state index < -0.39 is 23.3 Å². The van der Waals surface area contributed by atoms with E-state index in [1.807, 2.05) is 43.3 Å². The van der Waals surface area contributed by atoms with Gasteiger partial charge in [-0.2, -0.15) is 0 Å². The van der Waals surface area contributed by atoms with Crippen molar-refractivity contribution < 1.29 is 14.4 Å². The minimum absolute atomic E-state index is 0.338. The molecule has 0 aliphatic heterocycles. The van der Waals surface area contributed by atoms with Crippen LogP contribution in [-0.2, 0) is 4.79 Å². The van der Waals surface area contributed by atoms with Crippen LogP contribution >= 0.6 is 0 Å². The van der Waals surface area contributed by atoms with Gasteiger partial charge in [-0.15, -0.1) is 0 Å². The molecule has 0 spiro atoms. The summed E-state index contributed by atoms with van der Waals surface area (Å²) in [7, 11) is 3.90. The summed E-state index contributed by atoms with van der Waals surface area (Å²) < 4.78 is 0. The summed E-state index contributed by atoms with van der Waals surface area (Å²) in [5.74, 6) is -2.53. The van der Waals surface area contributed by atoms with Crippen LogP contribution in [-0.4, -0.2) is 31.4 Å². The molecule has 4 nitrogen and oxygen atoms in total.